The number of rotatable bonds is 6. The summed E-state index contributed by atoms with van der Waals surface area (Å²) >= 11 is 8.06. The summed E-state index contributed by atoms with van der Waals surface area (Å²) in [5.74, 6) is -0.174. The first-order chi connectivity index (χ1) is 12.5. The molecule has 8 heteroatoms. The molecule has 0 aliphatic rings. The van der Waals surface area contributed by atoms with E-state index >= 15 is 0 Å². The molecule has 0 bridgehead atoms. The molecule has 0 radical (unpaired) electrons. The van der Waals surface area contributed by atoms with E-state index in [1.807, 2.05) is 30.3 Å². The fourth-order valence-electron chi connectivity index (χ4n) is 2.26. The van der Waals surface area contributed by atoms with Crippen molar-refractivity contribution in [3.05, 3.63) is 69.9 Å². The van der Waals surface area contributed by atoms with Crippen LogP contribution in [0.1, 0.15) is 5.56 Å². The highest BCUT2D eigenvalue weighted by atomic mass is 32.2. The van der Waals surface area contributed by atoms with Gasteiger partial charge in [-0.25, -0.2) is 9.07 Å². The number of thioether (sulfide) groups is 1. The van der Waals surface area contributed by atoms with Crippen LogP contribution >= 0.6 is 35.3 Å². The van der Waals surface area contributed by atoms with E-state index in [1.54, 1.807) is 29.9 Å². The van der Waals surface area contributed by atoms with Gasteiger partial charge in [-0.05, 0) is 30.4 Å². The first-order valence-corrected chi connectivity index (χ1v) is 10.0. The van der Waals surface area contributed by atoms with E-state index in [2.05, 4.69) is 5.10 Å². The van der Waals surface area contributed by atoms with Crippen molar-refractivity contribution in [3.8, 4) is 5.69 Å². The van der Waals surface area contributed by atoms with Crippen LogP contribution in [0.25, 0.3) is 5.69 Å². The normalized spacial score (nSPS) is 10.7. The third-order valence-corrected chi connectivity index (χ3v) is 5.99. The molecule has 0 N–H and O–H groups in total. The molecule has 2 aromatic carbocycles. The van der Waals surface area contributed by atoms with Crippen LogP contribution < -0.4 is 0 Å². The Balaban J connectivity index is 1.61. The van der Waals surface area contributed by atoms with Gasteiger partial charge in [0, 0.05) is 19.2 Å². The Hall–Kier alpha value is -2.03. The number of aromatic nitrogens is 2. The molecule has 1 aromatic heterocycles. The van der Waals surface area contributed by atoms with Crippen molar-refractivity contribution < 1.29 is 9.18 Å². The second kappa shape index (κ2) is 8.57. The molecule has 1 amide bonds. The first kappa shape index (κ1) is 18.8. The molecule has 0 unspecified atom stereocenters. The average molecular weight is 406 g/mol. The van der Waals surface area contributed by atoms with Gasteiger partial charge in [-0.1, -0.05) is 59.5 Å². The number of carbonyl (C=O) groups is 1. The highest BCUT2D eigenvalue weighted by molar-refractivity contribution is 8.01. The Bertz CT molecular complexity index is 956. The van der Waals surface area contributed by atoms with Crippen molar-refractivity contribution in [3.63, 3.8) is 0 Å². The van der Waals surface area contributed by atoms with Crippen molar-refractivity contribution >= 4 is 41.2 Å². The monoisotopic (exact) mass is 405 g/mol. The Kier molecular flexibility index (Phi) is 6.18. The maximum Gasteiger partial charge on any atom is 0.233 e. The number of amides is 1. The van der Waals surface area contributed by atoms with Gasteiger partial charge in [-0.3, -0.25) is 4.79 Å². The lowest BCUT2D eigenvalue weighted by atomic mass is 10.2. The first-order valence-electron chi connectivity index (χ1n) is 7.80. The summed E-state index contributed by atoms with van der Waals surface area (Å²) in [6.07, 6.45) is 0. The molecule has 134 valence electrons. The fourth-order valence-corrected chi connectivity index (χ4v) is 4.56. The number of nitrogens with zero attached hydrogens (tertiary/aromatic N) is 3. The summed E-state index contributed by atoms with van der Waals surface area (Å²) in [4.78, 5) is 13.8. The second-order valence-corrected chi connectivity index (χ2v) is 8.36. The molecule has 3 rings (SSSR count). The molecule has 0 fully saturated rings. The van der Waals surface area contributed by atoms with Gasteiger partial charge in [0.1, 0.15) is 5.82 Å². The zero-order valence-corrected chi connectivity index (χ0v) is 16.4. The number of benzene rings is 2. The summed E-state index contributed by atoms with van der Waals surface area (Å²) in [5.41, 5.74) is 1.39. The Morgan fingerprint density at radius 1 is 1.23 bits per heavy atom. The Morgan fingerprint density at radius 3 is 2.65 bits per heavy atom. The van der Waals surface area contributed by atoms with E-state index in [4.69, 9.17) is 12.2 Å². The molecule has 0 saturated carbocycles. The fraction of sp³-hybridized carbons (Fsp3) is 0.167. The van der Waals surface area contributed by atoms with Gasteiger partial charge >= 0.3 is 0 Å². The molecular weight excluding hydrogens is 389 g/mol. The Morgan fingerprint density at radius 2 is 1.92 bits per heavy atom. The SMILES string of the molecule is CN(Cc1ccccc1F)C(=O)CSc1nn(-c2ccccc2)c(=S)s1. The minimum Gasteiger partial charge on any atom is -0.341 e. The summed E-state index contributed by atoms with van der Waals surface area (Å²) in [6.45, 7) is 0.236. The smallest absolute Gasteiger partial charge is 0.233 e. The van der Waals surface area contributed by atoms with E-state index in [9.17, 15) is 9.18 Å². The van der Waals surface area contributed by atoms with Crippen LogP contribution in [0.4, 0.5) is 4.39 Å². The second-order valence-electron chi connectivity index (χ2n) is 5.51. The zero-order chi connectivity index (χ0) is 18.5. The van der Waals surface area contributed by atoms with E-state index in [1.165, 1.54) is 34.1 Å². The highest BCUT2D eigenvalue weighted by Gasteiger charge is 2.14. The molecular formula is C18H16FN3OS3. The highest BCUT2D eigenvalue weighted by Crippen LogP contribution is 2.24. The molecule has 0 spiro atoms. The molecule has 4 nitrogen and oxygen atoms in total. The van der Waals surface area contributed by atoms with Gasteiger partial charge in [0.15, 0.2) is 8.29 Å². The average Bonchev–Trinajstić information content (AvgIpc) is 3.03. The van der Waals surface area contributed by atoms with Crippen molar-refractivity contribution in [1.82, 2.24) is 14.7 Å². The maximum absolute atomic E-state index is 13.7. The van der Waals surface area contributed by atoms with Crippen LogP contribution in [0, 0.1) is 9.77 Å². The number of para-hydroxylation sites is 1. The molecule has 0 aliphatic carbocycles. The third-order valence-electron chi connectivity index (χ3n) is 3.64. The van der Waals surface area contributed by atoms with Gasteiger partial charge in [-0.15, -0.1) is 5.10 Å². The van der Waals surface area contributed by atoms with Crippen molar-refractivity contribution in [1.29, 1.82) is 0 Å². The van der Waals surface area contributed by atoms with Gasteiger partial charge in [0.2, 0.25) is 5.91 Å². The van der Waals surface area contributed by atoms with Gasteiger partial charge < -0.3 is 4.90 Å². The van der Waals surface area contributed by atoms with Gasteiger partial charge in [0.05, 0.1) is 11.4 Å². The van der Waals surface area contributed by atoms with Crippen LogP contribution in [0.15, 0.2) is 58.9 Å². The summed E-state index contributed by atoms with van der Waals surface area (Å²) in [6, 6.07) is 16.1. The Labute approximate surface area is 164 Å². The quantitative estimate of drug-likeness (QED) is 0.445. The summed E-state index contributed by atoms with van der Waals surface area (Å²) in [7, 11) is 1.67. The summed E-state index contributed by atoms with van der Waals surface area (Å²) < 4.78 is 16.8. The van der Waals surface area contributed by atoms with E-state index in [-0.39, 0.29) is 24.0 Å². The number of hydrogen-bond donors (Lipinski definition) is 0. The number of carbonyl (C=O) groups excluding carboxylic acids is 1. The standard InChI is InChI=1S/C18H16FN3OS3/c1-21(11-13-7-5-6-10-15(13)19)16(23)12-25-17-20-22(18(24)26-17)14-8-3-2-4-9-14/h2-10H,11-12H2,1H3. The molecule has 26 heavy (non-hydrogen) atoms. The molecule has 3 aromatic rings. The summed E-state index contributed by atoms with van der Waals surface area (Å²) in [5, 5.41) is 4.47. The maximum atomic E-state index is 13.7. The minimum atomic E-state index is -0.306. The van der Waals surface area contributed by atoms with Crippen molar-refractivity contribution in [2.45, 2.75) is 10.9 Å². The van der Waals surface area contributed by atoms with Crippen LogP contribution in [-0.4, -0.2) is 33.4 Å². The topological polar surface area (TPSA) is 38.1 Å². The molecule has 1 heterocycles. The lowest BCUT2D eigenvalue weighted by Gasteiger charge is -2.17. The van der Waals surface area contributed by atoms with Crippen molar-refractivity contribution in [2.24, 2.45) is 0 Å². The van der Waals surface area contributed by atoms with E-state index < -0.39 is 0 Å². The van der Waals surface area contributed by atoms with E-state index in [0.717, 1.165) is 10.0 Å². The zero-order valence-electron chi connectivity index (χ0n) is 14.0. The van der Waals surface area contributed by atoms with E-state index in [0.29, 0.717) is 9.52 Å². The molecule has 0 saturated heterocycles. The van der Waals surface area contributed by atoms with Crippen LogP contribution in [0.3, 0.4) is 0 Å². The van der Waals surface area contributed by atoms with Gasteiger partial charge in [0.25, 0.3) is 0 Å². The van der Waals surface area contributed by atoms with Gasteiger partial charge in [-0.2, -0.15) is 0 Å². The minimum absolute atomic E-state index is 0.0920. The van der Waals surface area contributed by atoms with Crippen LogP contribution in [0.2, 0.25) is 0 Å². The number of hydrogen-bond acceptors (Lipinski definition) is 5. The predicted octanol–water partition coefficient (Wildman–Crippen LogP) is 4.55. The molecule has 0 atom stereocenters. The lowest BCUT2D eigenvalue weighted by Crippen LogP contribution is -2.28. The predicted molar refractivity (Wildman–Crippen MR) is 106 cm³/mol. The third kappa shape index (κ3) is 4.57. The van der Waals surface area contributed by atoms with Crippen LogP contribution in [-0.2, 0) is 11.3 Å². The molecule has 0 aliphatic heterocycles. The van der Waals surface area contributed by atoms with Crippen LogP contribution in [0.5, 0.6) is 0 Å². The number of halogens is 1. The van der Waals surface area contributed by atoms with Crippen molar-refractivity contribution in [2.75, 3.05) is 12.8 Å². The largest absolute Gasteiger partial charge is 0.341 e. The lowest BCUT2D eigenvalue weighted by molar-refractivity contribution is -0.127.